The second-order valence-corrected chi connectivity index (χ2v) is 6.86. The maximum absolute atomic E-state index is 12.7. The first-order valence-corrected chi connectivity index (χ1v) is 8.63. The Morgan fingerprint density at radius 3 is 2.79 bits per heavy atom. The van der Waals surface area contributed by atoms with Crippen LogP contribution in [-0.2, 0) is 12.8 Å². The van der Waals surface area contributed by atoms with E-state index in [-0.39, 0.29) is 5.91 Å². The summed E-state index contributed by atoms with van der Waals surface area (Å²) in [6.45, 7) is 0. The number of carbonyl (C=O) groups is 1. The zero-order valence-corrected chi connectivity index (χ0v) is 14.1. The number of hydrogen-bond donors (Lipinski definition) is 2. The van der Waals surface area contributed by atoms with Crippen molar-refractivity contribution in [2.24, 2.45) is 5.73 Å². The molecule has 2 aliphatic rings. The molecule has 0 saturated carbocycles. The van der Waals surface area contributed by atoms with Crippen molar-refractivity contribution in [1.29, 1.82) is 0 Å². The highest BCUT2D eigenvalue weighted by atomic mass is 32.2. The zero-order valence-electron chi connectivity index (χ0n) is 13.3. The van der Waals surface area contributed by atoms with Crippen molar-refractivity contribution < 1.29 is 9.53 Å². The Kier molecular flexibility index (Phi) is 3.69. The van der Waals surface area contributed by atoms with E-state index < -0.39 is 0 Å². The Bertz CT molecular complexity index is 859. The zero-order chi connectivity index (χ0) is 16.7. The molecule has 122 valence electrons. The lowest BCUT2D eigenvalue weighted by molar-refractivity contribution is 0.0970. The van der Waals surface area contributed by atoms with Gasteiger partial charge in [-0.2, -0.15) is 0 Å². The number of methoxy groups -OCH3 is 1. The van der Waals surface area contributed by atoms with Gasteiger partial charge in [-0.3, -0.25) is 4.79 Å². The highest BCUT2D eigenvalue weighted by Crippen LogP contribution is 2.35. The summed E-state index contributed by atoms with van der Waals surface area (Å²) in [6, 6.07) is 9.42. The smallest absolute Gasteiger partial charge is 0.258 e. The van der Waals surface area contributed by atoms with Gasteiger partial charge >= 0.3 is 0 Å². The van der Waals surface area contributed by atoms with Crippen molar-refractivity contribution in [3.05, 3.63) is 57.7 Å². The second-order valence-electron chi connectivity index (χ2n) is 5.82. The van der Waals surface area contributed by atoms with E-state index in [4.69, 9.17) is 10.5 Å². The number of carbonyl (C=O) groups excluding carboxylic acids is 1. The van der Waals surface area contributed by atoms with Gasteiger partial charge in [0.2, 0.25) is 0 Å². The molecule has 0 unspecified atom stereocenters. The van der Waals surface area contributed by atoms with Crippen molar-refractivity contribution in [2.75, 3.05) is 7.11 Å². The molecule has 0 atom stereocenters. The number of fused-ring (bicyclic) bond motifs is 2. The summed E-state index contributed by atoms with van der Waals surface area (Å²) in [7, 11) is 1.62. The van der Waals surface area contributed by atoms with Crippen LogP contribution in [0.25, 0.3) is 5.70 Å². The van der Waals surface area contributed by atoms with Crippen molar-refractivity contribution in [3.8, 4) is 5.75 Å². The number of pyridine rings is 1. The molecule has 1 aromatic heterocycles. The third-order valence-electron chi connectivity index (χ3n) is 4.33. The van der Waals surface area contributed by atoms with E-state index in [9.17, 15) is 4.79 Å². The van der Waals surface area contributed by atoms with E-state index in [2.05, 4.69) is 10.3 Å². The van der Waals surface area contributed by atoms with Gasteiger partial charge in [0, 0.05) is 11.3 Å². The summed E-state index contributed by atoms with van der Waals surface area (Å²) in [5, 5.41) is 4.17. The number of hydrogen-bond acceptors (Lipinski definition) is 5. The molecule has 2 aromatic rings. The fraction of sp³-hybridized carbons (Fsp3) is 0.222. The van der Waals surface area contributed by atoms with Crippen LogP contribution in [0.15, 0.2) is 40.4 Å². The lowest BCUT2D eigenvalue weighted by Gasteiger charge is -2.10. The molecule has 0 spiro atoms. The molecular weight excluding hydrogens is 322 g/mol. The molecule has 1 aliphatic heterocycles. The molecule has 1 amide bonds. The number of aromatic nitrogens is 1. The molecule has 3 N–H and O–H groups in total. The van der Waals surface area contributed by atoms with Crippen molar-refractivity contribution >= 4 is 23.4 Å². The molecule has 2 heterocycles. The Balaban J connectivity index is 1.74. The number of amides is 1. The summed E-state index contributed by atoms with van der Waals surface area (Å²) in [5.41, 5.74) is 10.6. The molecule has 1 aliphatic carbocycles. The van der Waals surface area contributed by atoms with Gasteiger partial charge in [-0.05, 0) is 66.9 Å². The van der Waals surface area contributed by atoms with Gasteiger partial charge < -0.3 is 15.8 Å². The average molecular weight is 339 g/mol. The number of nitrogens with zero attached hydrogens (tertiary/aromatic N) is 1. The summed E-state index contributed by atoms with van der Waals surface area (Å²) in [5.74, 6) is 0.595. The molecule has 24 heavy (non-hydrogen) atoms. The van der Waals surface area contributed by atoms with Crippen LogP contribution in [0.5, 0.6) is 5.75 Å². The van der Waals surface area contributed by atoms with Crippen molar-refractivity contribution in [1.82, 2.24) is 10.3 Å². The molecule has 4 rings (SSSR count). The summed E-state index contributed by atoms with van der Waals surface area (Å²) < 4.78 is 5.18. The number of rotatable bonds is 2. The van der Waals surface area contributed by atoms with E-state index in [1.807, 2.05) is 30.3 Å². The van der Waals surface area contributed by atoms with Crippen molar-refractivity contribution in [2.45, 2.75) is 24.3 Å². The third kappa shape index (κ3) is 2.53. The lowest BCUT2D eigenvalue weighted by Crippen LogP contribution is -2.23. The lowest BCUT2D eigenvalue weighted by atomic mass is 10.1. The minimum atomic E-state index is -0.161. The second kappa shape index (κ2) is 5.87. The number of ether oxygens (including phenoxy) is 1. The Morgan fingerprint density at radius 1 is 1.25 bits per heavy atom. The van der Waals surface area contributed by atoms with Crippen LogP contribution in [0, 0.1) is 0 Å². The molecule has 6 heteroatoms. The van der Waals surface area contributed by atoms with Crippen LogP contribution in [0.3, 0.4) is 0 Å². The third-order valence-corrected chi connectivity index (χ3v) is 5.26. The molecule has 0 bridgehead atoms. The van der Waals surface area contributed by atoms with Crippen LogP contribution < -0.4 is 15.8 Å². The predicted molar refractivity (Wildman–Crippen MR) is 93.7 cm³/mol. The Hall–Kier alpha value is -2.47. The highest BCUT2D eigenvalue weighted by molar-refractivity contribution is 8.03. The van der Waals surface area contributed by atoms with Crippen molar-refractivity contribution in [3.63, 3.8) is 0 Å². The minimum absolute atomic E-state index is 0.161. The Morgan fingerprint density at radius 2 is 2.04 bits per heavy atom. The fourth-order valence-corrected chi connectivity index (χ4v) is 3.96. The van der Waals surface area contributed by atoms with E-state index in [1.165, 1.54) is 17.3 Å². The molecular formula is C18H17N3O2S. The quantitative estimate of drug-likeness (QED) is 0.880. The normalized spacial score (nSPS) is 16.3. The van der Waals surface area contributed by atoms with E-state index in [1.54, 1.807) is 7.11 Å². The van der Waals surface area contributed by atoms with Crippen LogP contribution in [-0.4, -0.2) is 18.0 Å². The predicted octanol–water partition coefficient (Wildman–Crippen LogP) is 2.70. The molecule has 5 nitrogen and oxygen atoms in total. The fourth-order valence-electron chi connectivity index (χ4n) is 3.06. The first kappa shape index (κ1) is 15.1. The number of benzene rings is 1. The van der Waals surface area contributed by atoms with E-state index in [0.717, 1.165) is 36.3 Å². The maximum atomic E-state index is 12.7. The average Bonchev–Trinajstić information content (AvgIpc) is 3.01. The van der Waals surface area contributed by atoms with Crippen LogP contribution in [0.4, 0.5) is 0 Å². The monoisotopic (exact) mass is 339 g/mol. The van der Waals surface area contributed by atoms with Gasteiger partial charge in [0.05, 0.1) is 23.4 Å². The van der Waals surface area contributed by atoms with Gasteiger partial charge in [-0.15, -0.1) is 0 Å². The van der Waals surface area contributed by atoms with Crippen LogP contribution in [0.1, 0.15) is 33.6 Å². The topological polar surface area (TPSA) is 77.2 Å². The van der Waals surface area contributed by atoms with Crippen LogP contribution in [0.2, 0.25) is 0 Å². The van der Waals surface area contributed by atoms with E-state index >= 15 is 0 Å². The van der Waals surface area contributed by atoms with E-state index in [0.29, 0.717) is 21.3 Å². The Labute approximate surface area is 144 Å². The first-order valence-electron chi connectivity index (χ1n) is 7.82. The van der Waals surface area contributed by atoms with Gasteiger partial charge in [0.15, 0.2) is 0 Å². The van der Waals surface area contributed by atoms with Crippen LogP contribution >= 0.6 is 11.8 Å². The summed E-state index contributed by atoms with van der Waals surface area (Å²) in [4.78, 5) is 17.4. The highest BCUT2D eigenvalue weighted by Gasteiger charge is 2.26. The van der Waals surface area contributed by atoms with Gasteiger partial charge in [0.1, 0.15) is 10.8 Å². The molecule has 0 fully saturated rings. The summed E-state index contributed by atoms with van der Waals surface area (Å²) in [6.07, 6.45) is 3.06. The number of nitrogens with one attached hydrogen (secondary N) is 1. The number of nitrogens with two attached hydrogens (primary N) is 1. The van der Waals surface area contributed by atoms with Gasteiger partial charge in [-0.25, -0.2) is 4.98 Å². The molecule has 0 saturated heterocycles. The maximum Gasteiger partial charge on any atom is 0.258 e. The number of aryl methyl sites for hydroxylation is 2. The van der Waals surface area contributed by atoms with Gasteiger partial charge in [-0.1, -0.05) is 0 Å². The first-order chi connectivity index (χ1) is 11.7. The minimum Gasteiger partial charge on any atom is -0.497 e. The molecule has 1 aromatic carbocycles. The van der Waals surface area contributed by atoms with Gasteiger partial charge in [0.25, 0.3) is 5.91 Å². The summed E-state index contributed by atoms with van der Waals surface area (Å²) >= 11 is 1.35. The largest absolute Gasteiger partial charge is 0.497 e. The SMILES string of the molecule is COc1ccc(C2=C(N)Sc3nc4c(cc3C(=O)N2)CCC4)cc1. The number of thioether (sulfide) groups is 1. The molecule has 0 radical (unpaired) electrons. The standard InChI is InChI=1S/C18H17N3O2S/c1-23-12-7-5-10(6-8-12)15-16(19)24-18-13(17(22)21-15)9-11-3-2-4-14(11)20-18/h5-9H,2-4,19H2,1H3,(H,21,22).